The molecule has 3 saturated heterocycles. The molecule has 4 heteroatoms. The number of ether oxygens (including phenoxy) is 1. The van der Waals surface area contributed by atoms with Gasteiger partial charge in [-0.3, -0.25) is 9.80 Å². The third-order valence-electron chi connectivity index (χ3n) is 6.11. The summed E-state index contributed by atoms with van der Waals surface area (Å²) in [6.45, 7) is 11.2. The molecule has 3 aliphatic rings. The van der Waals surface area contributed by atoms with Crippen molar-refractivity contribution in [1.29, 1.82) is 0 Å². The molecule has 0 bridgehead atoms. The van der Waals surface area contributed by atoms with Crippen LogP contribution in [-0.4, -0.2) is 66.8 Å². The van der Waals surface area contributed by atoms with Gasteiger partial charge in [-0.2, -0.15) is 0 Å². The minimum atomic E-state index is 0.191. The van der Waals surface area contributed by atoms with Crippen LogP contribution in [-0.2, 0) is 4.74 Å². The summed E-state index contributed by atoms with van der Waals surface area (Å²) in [5.41, 5.74) is 6.48. The Bertz CT molecular complexity index is 349. The Hall–Kier alpha value is -0.160. The fraction of sp³-hybridized carbons (Fsp3) is 1.00. The Labute approximate surface area is 130 Å². The molecule has 3 fully saturated rings. The molecule has 0 aromatic rings. The van der Waals surface area contributed by atoms with Gasteiger partial charge in [0, 0.05) is 44.4 Å². The molecule has 4 nitrogen and oxygen atoms in total. The molecule has 122 valence electrons. The summed E-state index contributed by atoms with van der Waals surface area (Å²) in [5, 5.41) is 0. The number of piperidine rings is 1. The average molecular weight is 295 g/mol. The predicted molar refractivity (Wildman–Crippen MR) is 86.4 cm³/mol. The second-order valence-corrected chi connectivity index (χ2v) is 7.67. The predicted octanol–water partition coefficient (Wildman–Crippen LogP) is 1.69. The summed E-state index contributed by atoms with van der Waals surface area (Å²) >= 11 is 0. The summed E-state index contributed by atoms with van der Waals surface area (Å²) in [4.78, 5) is 5.45. The lowest BCUT2D eigenvalue weighted by Gasteiger charge is -2.54. The van der Waals surface area contributed by atoms with Crippen molar-refractivity contribution in [3.8, 4) is 0 Å². The molecular weight excluding hydrogens is 262 g/mol. The van der Waals surface area contributed by atoms with Gasteiger partial charge in [-0.1, -0.05) is 20.3 Å². The van der Waals surface area contributed by atoms with E-state index in [1.807, 2.05) is 0 Å². The van der Waals surface area contributed by atoms with E-state index >= 15 is 0 Å². The standard InChI is InChI=1S/C17H33N3O/c1-14(2)16-11-17(13-18,6-10-21-16)20-9-8-19-7-4-3-5-15(19)12-20/h14-16H,3-13,18H2,1-2H3. The van der Waals surface area contributed by atoms with E-state index in [-0.39, 0.29) is 5.54 Å². The summed E-state index contributed by atoms with van der Waals surface area (Å²) in [6, 6.07) is 0.774. The quantitative estimate of drug-likeness (QED) is 0.860. The van der Waals surface area contributed by atoms with Crippen LogP contribution in [0.2, 0.25) is 0 Å². The second kappa shape index (κ2) is 6.53. The van der Waals surface area contributed by atoms with Crippen LogP contribution < -0.4 is 5.73 Å². The highest BCUT2D eigenvalue weighted by Gasteiger charge is 2.44. The van der Waals surface area contributed by atoms with Crippen LogP contribution in [0, 0.1) is 5.92 Å². The van der Waals surface area contributed by atoms with E-state index in [4.69, 9.17) is 10.5 Å². The smallest absolute Gasteiger partial charge is 0.0616 e. The molecule has 3 rings (SSSR count). The first-order valence-electron chi connectivity index (χ1n) is 8.95. The van der Waals surface area contributed by atoms with Gasteiger partial charge in [0.1, 0.15) is 0 Å². The number of rotatable bonds is 3. The van der Waals surface area contributed by atoms with Crippen molar-refractivity contribution in [2.45, 2.75) is 63.6 Å². The summed E-state index contributed by atoms with van der Waals surface area (Å²) < 4.78 is 6.00. The van der Waals surface area contributed by atoms with Crippen molar-refractivity contribution >= 4 is 0 Å². The number of hydrogen-bond acceptors (Lipinski definition) is 4. The van der Waals surface area contributed by atoms with E-state index < -0.39 is 0 Å². The van der Waals surface area contributed by atoms with Crippen LogP contribution >= 0.6 is 0 Å². The van der Waals surface area contributed by atoms with Crippen molar-refractivity contribution in [2.75, 3.05) is 39.3 Å². The monoisotopic (exact) mass is 295 g/mol. The molecule has 3 atom stereocenters. The lowest BCUT2D eigenvalue weighted by molar-refractivity contribution is -0.105. The van der Waals surface area contributed by atoms with Crippen LogP contribution in [0.3, 0.4) is 0 Å². The van der Waals surface area contributed by atoms with Crippen LogP contribution in [0.4, 0.5) is 0 Å². The van der Waals surface area contributed by atoms with Gasteiger partial charge in [-0.25, -0.2) is 0 Å². The molecule has 2 N–H and O–H groups in total. The SMILES string of the molecule is CC(C)C1CC(CN)(N2CCN3CCCCC3C2)CCO1. The molecule has 0 spiro atoms. The molecule has 3 heterocycles. The van der Waals surface area contributed by atoms with Gasteiger partial charge in [0.15, 0.2) is 0 Å². The van der Waals surface area contributed by atoms with Crippen LogP contribution in [0.25, 0.3) is 0 Å². The number of nitrogens with zero attached hydrogens (tertiary/aromatic N) is 2. The molecule has 21 heavy (non-hydrogen) atoms. The molecule has 0 saturated carbocycles. The largest absolute Gasteiger partial charge is 0.378 e. The van der Waals surface area contributed by atoms with Gasteiger partial charge in [-0.15, -0.1) is 0 Å². The second-order valence-electron chi connectivity index (χ2n) is 7.67. The van der Waals surface area contributed by atoms with Gasteiger partial charge in [-0.05, 0) is 38.1 Å². The molecule has 3 aliphatic heterocycles. The van der Waals surface area contributed by atoms with E-state index in [1.54, 1.807) is 0 Å². The lowest BCUT2D eigenvalue weighted by Crippen LogP contribution is -2.66. The van der Waals surface area contributed by atoms with Crippen LogP contribution in [0.1, 0.15) is 46.0 Å². The number of nitrogens with two attached hydrogens (primary N) is 1. The molecule has 0 aromatic heterocycles. The Morgan fingerprint density at radius 2 is 2.10 bits per heavy atom. The third kappa shape index (κ3) is 3.14. The zero-order valence-electron chi connectivity index (χ0n) is 13.9. The fourth-order valence-electron chi connectivity index (χ4n) is 4.55. The minimum Gasteiger partial charge on any atom is -0.378 e. The molecule has 3 unspecified atom stereocenters. The maximum Gasteiger partial charge on any atom is 0.0616 e. The molecule has 0 aliphatic carbocycles. The highest BCUT2D eigenvalue weighted by atomic mass is 16.5. The maximum absolute atomic E-state index is 6.29. The third-order valence-corrected chi connectivity index (χ3v) is 6.11. The first-order valence-corrected chi connectivity index (χ1v) is 8.95. The molecule has 0 amide bonds. The Morgan fingerprint density at radius 3 is 2.86 bits per heavy atom. The number of piperazine rings is 1. The fourth-order valence-corrected chi connectivity index (χ4v) is 4.55. The molecule has 0 radical (unpaired) electrons. The van der Waals surface area contributed by atoms with Crippen molar-refractivity contribution in [3.63, 3.8) is 0 Å². The van der Waals surface area contributed by atoms with E-state index in [0.717, 1.165) is 32.0 Å². The lowest BCUT2D eigenvalue weighted by atomic mass is 9.80. The van der Waals surface area contributed by atoms with Gasteiger partial charge in [0.25, 0.3) is 0 Å². The highest BCUT2D eigenvalue weighted by Crippen LogP contribution is 2.35. The summed E-state index contributed by atoms with van der Waals surface area (Å²) in [7, 11) is 0. The number of hydrogen-bond donors (Lipinski definition) is 1. The zero-order valence-corrected chi connectivity index (χ0v) is 13.9. The number of fused-ring (bicyclic) bond motifs is 1. The Balaban J connectivity index is 1.70. The van der Waals surface area contributed by atoms with Gasteiger partial charge in [0.05, 0.1) is 6.10 Å². The average Bonchev–Trinajstić information content (AvgIpc) is 2.54. The van der Waals surface area contributed by atoms with E-state index in [1.165, 1.54) is 45.4 Å². The van der Waals surface area contributed by atoms with Gasteiger partial charge < -0.3 is 10.5 Å². The first kappa shape index (κ1) is 15.7. The van der Waals surface area contributed by atoms with Crippen LogP contribution in [0.5, 0.6) is 0 Å². The van der Waals surface area contributed by atoms with Crippen molar-refractivity contribution in [3.05, 3.63) is 0 Å². The van der Waals surface area contributed by atoms with Crippen LogP contribution in [0.15, 0.2) is 0 Å². The van der Waals surface area contributed by atoms with Gasteiger partial charge in [0.2, 0.25) is 0 Å². The summed E-state index contributed by atoms with van der Waals surface area (Å²) in [5.74, 6) is 0.590. The zero-order chi connectivity index (χ0) is 14.9. The topological polar surface area (TPSA) is 41.7 Å². The Morgan fingerprint density at radius 1 is 1.24 bits per heavy atom. The normalized spacial score (nSPS) is 39.4. The minimum absolute atomic E-state index is 0.191. The molecular formula is C17H33N3O. The van der Waals surface area contributed by atoms with Crippen molar-refractivity contribution in [1.82, 2.24) is 9.80 Å². The maximum atomic E-state index is 6.29. The van der Waals surface area contributed by atoms with E-state index in [2.05, 4.69) is 23.6 Å². The summed E-state index contributed by atoms with van der Waals surface area (Å²) in [6.07, 6.45) is 6.78. The van der Waals surface area contributed by atoms with Gasteiger partial charge >= 0.3 is 0 Å². The van der Waals surface area contributed by atoms with Crippen molar-refractivity contribution in [2.24, 2.45) is 11.7 Å². The highest BCUT2D eigenvalue weighted by molar-refractivity contribution is 5.00. The first-order chi connectivity index (χ1) is 10.1. The van der Waals surface area contributed by atoms with Crippen molar-refractivity contribution < 1.29 is 4.74 Å². The Kier molecular flexibility index (Phi) is 4.89. The van der Waals surface area contributed by atoms with E-state index in [9.17, 15) is 0 Å². The molecule has 0 aromatic carbocycles. The van der Waals surface area contributed by atoms with E-state index in [0.29, 0.717) is 12.0 Å².